The molecule has 3 aromatic heterocycles. The van der Waals surface area contributed by atoms with Gasteiger partial charge < -0.3 is 0 Å². The summed E-state index contributed by atoms with van der Waals surface area (Å²) in [7, 11) is 0. The van der Waals surface area contributed by atoms with Crippen LogP contribution in [0.4, 0.5) is 0 Å². The summed E-state index contributed by atoms with van der Waals surface area (Å²) in [6.07, 6.45) is 7.25. The van der Waals surface area contributed by atoms with Crippen molar-refractivity contribution in [3.05, 3.63) is 35.0 Å². The number of aryl methyl sites for hydroxylation is 1. The van der Waals surface area contributed by atoms with Gasteiger partial charge in [0.2, 0.25) is 0 Å². The van der Waals surface area contributed by atoms with Crippen molar-refractivity contribution >= 4 is 32.1 Å². The Morgan fingerprint density at radius 1 is 1.15 bits per heavy atom. The smallest absolute Gasteiger partial charge is 0.169 e. The average Bonchev–Trinajstić information content (AvgIpc) is 3.03. The van der Waals surface area contributed by atoms with Gasteiger partial charge in [-0.2, -0.15) is 5.26 Å². The van der Waals surface area contributed by atoms with E-state index in [1.165, 1.54) is 29.7 Å². The number of rotatable bonds is 4. The fraction of sp³-hybridized carbons (Fsp3) is 0.267. The number of nitriles is 1. The second kappa shape index (κ2) is 5.70. The van der Waals surface area contributed by atoms with Crippen molar-refractivity contribution in [3.8, 4) is 16.8 Å². The Hall–Kier alpha value is -1.77. The van der Waals surface area contributed by atoms with Gasteiger partial charge in [0, 0.05) is 21.8 Å². The van der Waals surface area contributed by atoms with Gasteiger partial charge in [0.25, 0.3) is 0 Å². The van der Waals surface area contributed by atoms with Crippen LogP contribution in [-0.2, 0) is 6.42 Å². The summed E-state index contributed by atoms with van der Waals surface area (Å²) < 4.78 is 2.28. The summed E-state index contributed by atoms with van der Waals surface area (Å²) in [6, 6.07) is 6.19. The van der Waals surface area contributed by atoms with E-state index < -0.39 is 0 Å². The van der Waals surface area contributed by atoms with E-state index >= 15 is 0 Å². The lowest BCUT2D eigenvalue weighted by Gasteiger charge is -2.00. The third kappa shape index (κ3) is 2.58. The van der Waals surface area contributed by atoms with Crippen LogP contribution in [0.5, 0.6) is 0 Å². The van der Waals surface area contributed by atoms with Crippen LogP contribution in [0, 0.1) is 11.3 Å². The molecule has 0 aliphatic carbocycles. The molecule has 3 aromatic rings. The number of thiophene rings is 2. The van der Waals surface area contributed by atoms with Crippen LogP contribution in [0.15, 0.2) is 24.5 Å². The molecule has 3 nitrogen and oxygen atoms in total. The Kier molecular flexibility index (Phi) is 3.77. The Bertz CT molecular complexity index is 731. The van der Waals surface area contributed by atoms with Gasteiger partial charge >= 0.3 is 0 Å². The van der Waals surface area contributed by atoms with Crippen LogP contribution < -0.4 is 0 Å². The van der Waals surface area contributed by atoms with Gasteiger partial charge in [0.15, 0.2) is 5.82 Å². The van der Waals surface area contributed by atoms with Gasteiger partial charge in [-0.15, -0.1) is 22.7 Å². The lowest BCUT2D eigenvalue weighted by Crippen LogP contribution is -1.91. The molecule has 3 heterocycles. The lowest BCUT2D eigenvalue weighted by molar-refractivity contribution is 0.788. The number of fused-ring (bicyclic) bond motifs is 1. The molecule has 0 saturated carbocycles. The quantitative estimate of drug-likeness (QED) is 0.705. The molecule has 0 bridgehead atoms. The fourth-order valence-corrected chi connectivity index (χ4v) is 4.13. The molecule has 0 radical (unpaired) electrons. The van der Waals surface area contributed by atoms with Crippen LogP contribution in [0.25, 0.3) is 20.1 Å². The summed E-state index contributed by atoms with van der Waals surface area (Å²) in [5, 5.41) is 8.89. The van der Waals surface area contributed by atoms with E-state index in [0.29, 0.717) is 0 Å². The summed E-state index contributed by atoms with van der Waals surface area (Å²) in [5.74, 6) is 0.775. The Morgan fingerprint density at radius 2 is 1.90 bits per heavy atom. The maximum absolute atomic E-state index is 8.89. The molecule has 0 spiro atoms. The van der Waals surface area contributed by atoms with Crippen molar-refractivity contribution in [1.82, 2.24) is 9.97 Å². The van der Waals surface area contributed by atoms with Gasteiger partial charge in [0.1, 0.15) is 10.9 Å². The largest absolute Gasteiger partial charge is 0.236 e. The first-order valence-electron chi connectivity index (χ1n) is 6.55. The van der Waals surface area contributed by atoms with Crippen molar-refractivity contribution in [1.29, 1.82) is 5.26 Å². The zero-order valence-corrected chi connectivity index (χ0v) is 12.7. The molecule has 0 saturated heterocycles. The zero-order valence-electron chi connectivity index (χ0n) is 11.1. The van der Waals surface area contributed by atoms with E-state index in [-0.39, 0.29) is 0 Å². The highest BCUT2D eigenvalue weighted by Gasteiger charge is 2.10. The summed E-state index contributed by atoms with van der Waals surface area (Å²) >= 11 is 3.17. The van der Waals surface area contributed by atoms with Crippen LogP contribution in [0.3, 0.4) is 0 Å². The molecule has 0 aliphatic rings. The van der Waals surface area contributed by atoms with Crippen LogP contribution in [-0.4, -0.2) is 9.97 Å². The van der Waals surface area contributed by atoms with E-state index in [0.717, 1.165) is 31.4 Å². The molecule has 0 N–H and O–H groups in total. The predicted octanol–water partition coefficient (Wildman–Crippen LogP) is 4.63. The van der Waals surface area contributed by atoms with Crippen LogP contribution >= 0.6 is 22.7 Å². The molecule has 0 fully saturated rings. The first-order valence-corrected chi connectivity index (χ1v) is 8.18. The van der Waals surface area contributed by atoms with Gasteiger partial charge in [-0.05, 0) is 30.5 Å². The fourth-order valence-electron chi connectivity index (χ4n) is 1.99. The van der Waals surface area contributed by atoms with Gasteiger partial charge in [-0.1, -0.05) is 13.3 Å². The van der Waals surface area contributed by atoms with E-state index in [9.17, 15) is 0 Å². The van der Waals surface area contributed by atoms with Gasteiger partial charge in [-0.25, -0.2) is 9.97 Å². The van der Waals surface area contributed by atoms with Crippen molar-refractivity contribution in [3.63, 3.8) is 0 Å². The molecule has 5 heteroatoms. The topological polar surface area (TPSA) is 49.6 Å². The maximum Gasteiger partial charge on any atom is 0.169 e. The minimum atomic E-state index is 0.758. The van der Waals surface area contributed by atoms with Crippen molar-refractivity contribution in [2.45, 2.75) is 26.2 Å². The van der Waals surface area contributed by atoms with Crippen molar-refractivity contribution in [2.75, 3.05) is 0 Å². The monoisotopic (exact) mass is 299 g/mol. The third-order valence-corrected chi connectivity index (χ3v) is 5.26. The van der Waals surface area contributed by atoms with E-state index in [1.807, 2.05) is 18.5 Å². The number of nitrogens with zero attached hydrogens (tertiary/aromatic N) is 3. The standard InChI is InChI=1S/C15H13N3S2/c1-2-3-4-10-8-17-15(18-9-10)14-6-13-12(20-14)5-11(7-16)19-13/h5-6,8-9H,2-4H2,1H3. The van der Waals surface area contributed by atoms with E-state index in [1.54, 1.807) is 11.3 Å². The predicted molar refractivity (Wildman–Crippen MR) is 84.1 cm³/mol. The maximum atomic E-state index is 8.89. The normalized spacial score (nSPS) is 10.8. The van der Waals surface area contributed by atoms with Crippen molar-refractivity contribution < 1.29 is 0 Å². The highest BCUT2D eigenvalue weighted by Crippen LogP contribution is 2.36. The van der Waals surface area contributed by atoms with Crippen LogP contribution in [0.1, 0.15) is 30.2 Å². The molecular weight excluding hydrogens is 286 g/mol. The van der Waals surface area contributed by atoms with Gasteiger partial charge in [-0.3, -0.25) is 0 Å². The van der Waals surface area contributed by atoms with E-state index in [2.05, 4.69) is 29.0 Å². The highest BCUT2D eigenvalue weighted by atomic mass is 32.1. The molecule has 3 rings (SSSR count). The number of aromatic nitrogens is 2. The molecule has 20 heavy (non-hydrogen) atoms. The number of unbranched alkanes of at least 4 members (excludes halogenated alkanes) is 1. The summed E-state index contributed by atoms with van der Waals surface area (Å²) in [4.78, 5) is 10.7. The van der Waals surface area contributed by atoms with Crippen LogP contribution in [0.2, 0.25) is 0 Å². The summed E-state index contributed by atoms with van der Waals surface area (Å²) in [6.45, 7) is 2.18. The lowest BCUT2D eigenvalue weighted by atomic mass is 10.1. The zero-order chi connectivity index (χ0) is 13.9. The third-order valence-electron chi connectivity index (χ3n) is 3.06. The molecule has 0 aliphatic heterocycles. The Morgan fingerprint density at radius 3 is 2.55 bits per heavy atom. The van der Waals surface area contributed by atoms with E-state index in [4.69, 9.17) is 5.26 Å². The minimum absolute atomic E-state index is 0.758. The molecular formula is C15H13N3S2. The average molecular weight is 299 g/mol. The second-order valence-electron chi connectivity index (χ2n) is 4.58. The second-order valence-corrected chi connectivity index (χ2v) is 6.75. The molecule has 0 atom stereocenters. The molecule has 0 amide bonds. The minimum Gasteiger partial charge on any atom is -0.236 e. The van der Waals surface area contributed by atoms with Crippen molar-refractivity contribution in [2.24, 2.45) is 0 Å². The van der Waals surface area contributed by atoms with Gasteiger partial charge in [0.05, 0.1) is 4.88 Å². The molecule has 100 valence electrons. The Labute approximate surface area is 125 Å². The molecule has 0 unspecified atom stereocenters. The number of hydrogen-bond acceptors (Lipinski definition) is 5. The summed E-state index contributed by atoms with van der Waals surface area (Å²) in [5.41, 5.74) is 1.20. The molecule has 0 aromatic carbocycles. The highest BCUT2D eigenvalue weighted by molar-refractivity contribution is 7.29. The SMILES string of the molecule is CCCCc1cnc(-c2cc3sc(C#N)cc3s2)nc1. The first kappa shape index (κ1) is 13.2. The number of hydrogen-bond donors (Lipinski definition) is 0. The Balaban J connectivity index is 1.86. The first-order chi connectivity index (χ1) is 9.80.